The molecule has 0 unspecified atom stereocenters. The molecule has 0 radical (unpaired) electrons. The van der Waals surface area contributed by atoms with Gasteiger partial charge in [-0.15, -0.1) is 0 Å². The lowest BCUT2D eigenvalue weighted by molar-refractivity contribution is -0.384. The Balaban J connectivity index is 1.35. The number of methoxy groups -OCH3 is 1. The molecule has 5 rings (SSSR count). The van der Waals surface area contributed by atoms with Gasteiger partial charge in [-0.1, -0.05) is 12.1 Å². The zero-order valence-electron chi connectivity index (χ0n) is 18.2. The highest BCUT2D eigenvalue weighted by Crippen LogP contribution is 2.32. The molecular formula is C25H16BrN3O6. The standard InChI is InChI=1S/C25H16BrN3O6/c1-33-21-7-5-15(12-18(21)26)25-28-19-13-16(6-8-22(19)35-25)27-24(30)23-10-9-20(34-23)14-3-2-4-17(11-14)29(31)32/h2-13H,1H3,(H,27,30). The second-order valence-corrected chi connectivity index (χ2v) is 8.33. The molecule has 10 heteroatoms. The molecule has 5 aromatic rings. The summed E-state index contributed by atoms with van der Waals surface area (Å²) in [6.07, 6.45) is 0. The van der Waals surface area contributed by atoms with Crippen molar-refractivity contribution in [3.8, 4) is 28.5 Å². The molecule has 174 valence electrons. The number of aromatic nitrogens is 1. The smallest absolute Gasteiger partial charge is 0.291 e. The Morgan fingerprint density at radius 2 is 1.89 bits per heavy atom. The molecule has 0 atom stereocenters. The number of nitrogens with zero attached hydrogens (tertiary/aromatic N) is 2. The van der Waals surface area contributed by atoms with Crippen LogP contribution in [0.2, 0.25) is 0 Å². The SMILES string of the molecule is COc1ccc(-c2nc3cc(NC(=O)c4ccc(-c5cccc([N+](=O)[O-])c5)o4)ccc3o2)cc1Br. The van der Waals surface area contributed by atoms with Crippen LogP contribution < -0.4 is 10.1 Å². The maximum absolute atomic E-state index is 12.7. The van der Waals surface area contributed by atoms with E-state index in [1.54, 1.807) is 43.5 Å². The number of amides is 1. The lowest BCUT2D eigenvalue weighted by Crippen LogP contribution is -2.10. The van der Waals surface area contributed by atoms with E-state index >= 15 is 0 Å². The summed E-state index contributed by atoms with van der Waals surface area (Å²) in [6.45, 7) is 0. The minimum absolute atomic E-state index is 0.0628. The highest BCUT2D eigenvalue weighted by Gasteiger charge is 2.16. The number of nitro groups is 1. The van der Waals surface area contributed by atoms with Crippen molar-refractivity contribution >= 4 is 44.3 Å². The van der Waals surface area contributed by atoms with Crippen LogP contribution in [-0.2, 0) is 0 Å². The van der Waals surface area contributed by atoms with Crippen LogP contribution in [-0.4, -0.2) is 22.9 Å². The molecule has 0 aliphatic rings. The van der Waals surface area contributed by atoms with Crippen molar-refractivity contribution in [2.24, 2.45) is 0 Å². The van der Waals surface area contributed by atoms with E-state index in [9.17, 15) is 14.9 Å². The number of rotatable bonds is 6. The number of nitrogens with one attached hydrogen (secondary N) is 1. The van der Waals surface area contributed by atoms with E-state index in [0.717, 1.165) is 10.0 Å². The van der Waals surface area contributed by atoms with Crippen molar-refractivity contribution < 1.29 is 23.3 Å². The summed E-state index contributed by atoms with van der Waals surface area (Å²) in [6, 6.07) is 19.7. The van der Waals surface area contributed by atoms with Crippen LogP contribution in [0.5, 0.6) is 5.75 Å². The Kier molecular flexibility index (Phi) is 5.79. The zero-order valence-corrected chi connectivity index (χ0v) is 19.7. The van der Waals surface area contributed by atoms with E-state index in [0.29, 0.717) is 39.8 Å². The highest BCUT2D eigenvalue weighted by atomic mass is 79.9. The molecule has 1 amide bonds. The molecule has 1 N–H and O–H groups in total. The molecule has 0 aliphatic carbocycles. The van der Waals surface area contributed by atoms with E-state index in [1.807, 2.05) is 18.2 Å². The number of non-ortho nitro benzene ring substituents is 1. The number of hydrogen-bond donors (Lipinski definition) is 1. The third-order valence-corrected chi connectivity index (χ3v) is 5.84. The molecule has 0 saturated carbocycles. The predicted molar refractivity (Wildman–Crippen MR) is 132 cm³/mol. The van der Waals surface area contributed by atoms with E-state index in [1.165, 1.54) is 18.2 Å². The second-order valence-electron chi connectivity index (χ2n) is 7.48. The molecule has 35 heavy (non-hydrogen) atoms. The van der Waals surface area contributed by atoms with E-state index in [2.05, 4.69) is 26.2 Å². The third-order valence-electron chi connectivity index (χ3n) is 5.22. The number of carbonyl (C=O) groups is 1. The maximum Gasteiger partial charge on any atom is 0.291 e. The minimum atomic E-state index is -0.487. The Morgan fingerprint density at radius 3 is 2.66 bits per heavy atom. The third kappa shape index (κ3) is 4.51. The Hall–Kier alpha value is -4.44. The number of nitro benzene ring substituents is 1. The normalized spacial score (nSPS) is 10.9. The molecule has 0 saturated heterocycles. The van der Waals surface area contributed by atoms with Gasteiger partial charge in [0.1, 0.15) is 17.0 Å². The van der Waals surface area contributed by atoms with Crippen molar-refractivity contribution in [2.45, 2.75) is 0 Å². The lowest BCUT2D eigenvalue weighted by Gasteiger charge is -2.03. The largest absolute Gasteiger partial charge is 0.496 e. The topological polar surface area (TPSA) is 121 Å². The van der Waals surface area contributed by atoms with Crippen LogP contribution in [0.3, 0.4) is 0 Å². The highest BCUT2D eigenvalue weighted by molar-refractivity contribution is 9.10. The Labute approximate surface area is 206 Å². The van der Waals surface area contributed by atoms with Crippen molar-refractivity contribution in [1.82, 2.24) is 4.98 Å². The number of ether oxygens (including phenoxy) is 1. The first-order chi connectivity index (χ1) is 16.9. The van der Waals surface area contributed by atoms with Gasteiger partial charge in [-0.2, -0.15) is 0 Å². The minimum Gasteiger partial charge on any atom is -0.496 e. The molecule has 0 bridgehead atoms. The molecule has 9 nitrogen and oxygen atoms in total. The number of carbonyl (C=O) groups excluding carboxylic acids is 1. The van der Waals surface area contributed by atoms with Gasteiger partial charge in [-0.3, -0.25) is 14.9 Å². The van der Waals surface area contributed by atoms with E-state index in [-0.39, 0.29) is 11.4 Å². The van der Waals surface area contributed by atoms with Gasteiger partial charge in [-0.05, 0) is 64.5 Å². The number of benzene rings is 3. The average Bonchev–Trinajstić information content (AvgIpc) is 3.51. The zero-order chi connectivity index (χ0) is 24.5. The first kappa shape index (κ1) is 22.4. The van der Waals surface area contributed by atoms with E-state index < -0.39 is 10.8 Å². The Morgan fingerprint density at radius 1 is 1.03 bits per heavy atom. The van der Waals surface area contributed by atoms with Gasteiger partial charge in [-0.25, -0.2) is 4.98 Å². The Bertz CT molecular complexity index is 1590. The first-order valence-corrected chi connectivity index (χ1v) is 11.1. The fraction of sp³-hybridized carbons (Fsp3) is 0.0400. The predicted octanol–water partition coefficient (Wildman–Crippen LogP) is 6.69. The number of oxazole rings is 1. The van der Waals surface area contributed by atoms with Gasteiger partial charge in [0.2, 0.25) is 5.89 Å². The first-order valence-electron chi connectivity index (χ1n) is 10.3. The van der Waals surface area contributed by atoms with Crippen LogP contribution >= 0.6 is 15.9 Å². The van der Waals surface area contributed by atoms with Gasteiger partial charge in [0.05, 0.1) is 16.5 Å². The fourth-order valence-electron chi connectivity index (χ4n) is 3.51. The summed E-state index contributed by atoms with van der Waals surface area (Å²) in [5.41, 5.74) is 2.85. The summed E-state index contributed by atoms with van der Waals surface area (Å²) in [7, 11) is 1.59. The number of fused-ring (bicyclic) bond motifs is 1. The molecule has 0 spiro atoms. The fourth-order valence-corrected chi connectivity index (χ4v) is 4.05. The number of hydrogen-bond acceptors (Lipinski definition) is 7. The summed E-state index contributed by atoms with van der Waals surface area (Å²) in [5, 5.41) is 13.8. The average molecular weight is 534 g/mol. The van der Waals surface area contributed by atoms with Crippen LogP contribution in [0.4, 0.5) is 11.4 Å². The van der Waals surface area contributed by atoms with E-state index in [4.69, 9.17) is 13.6 Å². The van der Waals surface area contributed by atoms with Crippen LogP contribution in [0.15, 0.2) is 86.1 Å². The summed E-state index contributed by atoms with van der Waals surface area (Å²) < 4.78 is 17.5. The van der Waals surface area contributed by atoms with Crippen molar-refractivity contribution in [1.29, 1.82) is 0 Å². The molecule has 3 aromatic carbocycles. The molecule has 0 fully saturated rings. The van der Waals surface area contributed by atoms with Gasteiger partial charge in [0, 0.05) is 28.9 Å². The second kappa shape index (κ2) is 9.07. The van der Waals surface area contributed by atoms with Gasteiger partial charge in [0.25, 0.3) is 11.6 Å². The lowest BCUT2D eigenvalue weighted by atomic mass is 10.1. The van der Waals surface area contributed by atoms with Crippen molar-refractivity contribution in [3.63, 3.8) is 0 Å². The number of anilines is 1. The summed E-state index contributed by atoms with van der Waals surface area (Å²) in [4.78, 5) is 27.8. The quantitative estimate of drug-likeness (QED) is 0.190. The van der Waals surface area contributed by atoms with Crippen LogP contribution in [0, 0.1) is 10.1 Å². The van der Waals surface area contributed by atoms with Crippen molar-refractivity contribution in [3.05, 3.63) is 93.1 Å². The van der Waals surface area contributed by atoms with Crippen LogP contribution in [0.1, 0.15) is 10.6 Å². The molecular weight excluding hydrogens is 518 g/mol. The van der Waals surface area contributed by atoms with Crippen molar-refractivity contribution in [2.75, 3.05) is 12.4 Å². The monoisotopic (exact) mass is 533 g/mol. The van der Waals surface area contributed by atoms with Gasteiger partial charge >= 0.3 is 0 Å². The molecule has 2 heterocycles. The number of halogens is 1. The molecule has 2 aromatic heterocycles. The summed E-state index contributed by atoms with van der Waals surface area (Å²) in [5.74, 6) is 1.07. The molecule has 0 aliphatic heterocycles. The summed E-state index contributed by atoms with van der Waals surface area (Å²) >= 11 is 3.46. The van der Waals surface area contributed by atoms with Gasteiger partial charge < -0.3 is 18.9 Å². The van der Waals surface area contributed by atoms with Gasteiger partial charge in [0.15, 0.2) is 11.3 Å². The number of furan rings is 1. The maximum atomic E-state index is 12.7. The van der Waals surface area contributed by atoms with Crippen LogP contribution in [0.25, 0.3) is 33.9 Å².